The van der Waals surface area contributed by atoms with Crippen LogP contribution in [0.5, 0.6) is 0 Å². The normalized spacial score (nSPS) is 23.6. The second-order valence-corrected chi connectivity index (χ2v) is 6.88. The van der Waals surface area contributed by atoms with Gasteiger partial charge in [0.1, 0.15) is 0 Å². The van der Waals surface area contributed by atoms with Crippen molar-refractivity contribution in [2.75, 3.05) is 31.6 Å². The highest BCUT2D eigenvalue weighted by Crippen LogP contribution is 2.30. The zero-order valence-electron chi connectivity index (χ0n) is 11.9. The number of benzene rings is 1. The van der Waals surface area contributed by atoms with Gasteiger partial charge >= 0.3 is 0 Å². The summed E-state index contributed by atoms with van der Waals surface area (Å²) in [6.07, 6.45) is 0.812. The Kier molecular flexibility index (Phi) is 4.54. The van der Waals surface area contributed by atoms with Gasteiger partial charge in [-0.25, -0.2) is 0 Å². The standard InChI is InChI=1S/C15H23BrN2O/c1-15(2)11-18(13-6-4-5-12(16)9-13)14(7-8-19)10-17(15)3/h4-6,9,14,19H,7-8,10-11H2,1-3H3. The summed E-state index contributed by atoms with van der Waals surface area (Å²) in [4.78, 5) is 4.82. The molecule has 1 saturated heterocycles. The summed E-state index contributed by atoms with van der Waals surface area (Å²) in [7, 11) is 2.17. The molecule has 2 rings (SSSR count). The van der Waals surface area contributed by atoms with E-state index in [2.05, 4.69) is 64.8 Å². The first-order chi connectivity index (χ1) is 8.94. The van der Waals surface area contributed by atoms with Crippen molar-refractivity contribution in [2.45, 2.75) is 31.8 Å². The number of aliphatic hydroxyl groups excluding tert-OH is 1. The Morgan fingerprint density at radius 2 is 2.16 bits per heavy atom. The first-order valence-electron chi connectivity index (χ1n) is 6.78. The van der Waals surface area contributed by atoms with Gasteiger partial charge in [0.25, 0.3) is 0 Å². The van der Waals surface area contributed by atoms with Crippen LogP contribution >= 0.6 is 15.9 Å². The second kappa shape index (κ2) is 5.81. The minimum absolute atomic E-state index is 0.147. The van der Waals surface area contributed by atoms with Crippen LogP contribution in [0.4, 0.5) is 5.69 Å². The lowest BCUT2D eigenvalue weighted by atomic mass is 9.94. The molecule has 106 valence electrons. The van der Waals surface area contributed by atoms with Gasteiger partial charge in [0.2, 0.25) is 0 Å². The molecule has 1 aliphatic heterocycles. The first-order valence-corrected chi connectivity index (χ1v) is 7.57. The number of likely N-dealkylation sites (N-methyl/N-ethyl adjacent to an activating group) is 1. The monoisotopic (exact) mass is 326 g/mol. The number of aliphatic hydroxyl groups is 1. The molecule has 4 heteroatoms. The van der Waals surface area contributed by atoms with Gasteiger partial charge in [-0.3, -0.25) is 4.90 Å². The van der Waals surface area contributed by atoms with Crippen LogP contribution in [0, 0.1) is 0 Å². The molecule has 1 aromatic carbocycles. The van der Waals surface area contributed by atoms with Gasteiger partial charge in [-0.1, -0.05) is 22.0 Å². The largest absolute Gasteiger partial charge is 0.396 e. The topological polar surface area (TPSA) is 26.7 Å². The second-order valence-electron chi connectivity index (χ2n) is 5.97. The van der Waals surface area contributed by atoms with E-state index >= 15 is 0 Å². The third kappa shape index (κ3) is 3.30. The Morgan fingerprint density at radius 1 is 1.42 bits per heavy atom. The first kappa shape index (κ1) is 14.8. The molecule has 1 heterocycles. The van der Waals surface area contributed by atoms with Gasteiger partial charge in [0.15, 0.2) is 0 Å². The van der Waals surface area contributed by atoms with E-state index < -0.39 is 0 Å². The van der Waals surface area contributed by atoms with E-state index in [4.69, 9.17) is 0 Å². The van der Waals surface area contributed by atoms with E-state index in [-0.39, 0.29) is 12.1 Å². The van der Waals surface area contributed by atoms with Crippen LogP contribution in [-0.4, -0.2) is 48.3 Å². The third-order valence-corrected chi connectivity index (χ3v) is 4.61. The fraction of sp³-hybridized carbons (Fsp3) is 0.600. The van der Waals surface area contributed by atoms with Crippen molar-refractivity contribution in [1.29, 1.82) is 0 Å². The molecule has 0 radical (unpaired) electrons. The molecule has 0 amide bonds. The van der Waals surface area contributed by atoms with Crippen LogP contribution in [-0.2, 0) is 0 Å². The van der Waals surface area contributed by atoms with Crippen LogP contribution < -0.4 is 4.90 Å². The molecular weight excluding hydrogens is 304 g/mol. The number of anilines is 1. The third-order valence-electron chi connectivity index (χ3n) is 4.12. The molecule has 1 atom stereocenters. The summed E-state index contributed by atoms with van der Waals surface area (Å²) in [5.41, 5.74) is 1.38. The average molecular weight is 327 g/mol. The summed E-state index contributed by atoms with van der Waals surface area (Å²) in [6, 6.07) is 8.80. The minimum Gasteiger partial charge on any atom is -0.396 e. The number of nitrogens with zero attached hydrogens (tertiary/aromatic N) is 2. The smallest absolute Gasteiger partial charge is 0.0451 e. The summed E-state index contributed by atoms with van der Waals surface area (Å²) in [5, 5.41) is 9.30. The van der Waals surface area contributed by atoms with E-state index in [1.54, 1.807) is 0 Å². The molecule has 1 N–H and O–H groups in total. The van der Waals surface area contributed by atoms with Crippen molar-refractivity contribution in [2.24, 2.45) is 0 Å². The Hall–Kier alpha value is -0.580. The SMILES string of the molecule is CN1CC(CCO)N(c2cccc(Br)c2)CC1(C)C. The fourth-order valence-electron chi connectivity index (χ4n) is 2.68. The van der Waals surface area contributed by atoms with Gasteiger partial charge in [-0.15, -0.1) is 0 Å². The van der Waals surface area contributed by atoms with Gasteiger partial charge in [-0.05, 0) is 45.5 Å². The highest BCUT2D eigenvalue weighted by molar-refractivity contribution is 9.10. The predicted octanol–water partition coefficient (Wildman–Crippen LogP) is 2.73. The van der Waals surface area contributed by atoms with Crippen molar-refractivity contribution < 1.29 is 5.11 Å². The zero-order valence-corrected chi connectivity index (χ0v) is 13.5. The van der Waals surface area contributed by atoms with Crippen molar-refractivity contribution in [3.63, 3.8) is 0 Å². The maximum absolute atomic E-state index is 9.30. The summed E-state index contributed by atoms with van der Waals surface area (Å²) in [6.45, 7) is 6.74. The highest BCUT2D eigenvalue weighted by atomic mass is 79.9. The molecule has 0 saturated carbocycles. The van der Waals surface area contributed by atoms with Crippen LogP contribution in [0.2, 0.25) is 0 Å². The van der Waals surface area contributed by atoms with Gasteiger partial charge < -0.3 is 10.0 Å². The Balaban J connectivity index is 2.28. The molecule has 19 heavy (non-hydrogen) atoms. The summed E-state index contributed by atoms with van der Waals surface area (Å²) < 4.78 is 1.10. The van der Waals surface area contributed by atoms with Crippen LogP contribution in [0.25, 0.3) is 0 Å². The molecule has 0 spiro atoms. The molecule has 1 unspecified atom stereocenters. The number of piperazine rings is 1. The van der Waals surface area contributed by atoms with Crippen LogP contribution in [0.15, 0.2) is 28.7 Å². The van der Waals surface area contributed by atoms with Crippen molar-refractivity contribution in [3.05, 3.63) is 28.7 Å². The summed E-state index contributed by atoms with van der Waals surface area (Å²) >= 11 is 3.54. The maximum atomic E-state index is 9.30. The minimum atomic E-state index is 0.147. The molecule has 1 aromatic rings. The average Bonchev–Trinajstić information content (AvgIpc) is 2.34. The summed E-state index contributed by atoms with van der Waals surface area (Å²) in [5.74, 6) is 0. The van der Waals surface area contributed by atoms with Gasteiger partial charge in [0, 0.05) is 41.4 Å². The zero-order chi connectivity index (χ0) is 14.0. The maximum Gasteiger partial charge on any atom is 0.0451 e. The van der Waals surface area contributed by atoms with E-state index in [0.717, 1.165) is 24.0 Å². The Morgan fingerprint density at radius 3 is 2.79 bits per heavy atom. The molecule has 0 aliphatic carbocycles. The van der Waals surface area contributed by atoms with Gasteiger partial charge in [0.05, 0.1) is 0 Å². The van der Waals surface area contributed by atoms with Crippen molar-refractivity contribution in [3.8, 4) is 0 Å². The molecule has 0 bridgehead atoms. The lowest BCUT2D eigenvalue weighted by molar-refractivity contribution is 0.105. The molecule has 3 nitrogen and oxygen atoms in total. The number of hydrogen-bond acceptors (Lipinski definition) is 3. The number of halogens is 1. The lowest BCUT2D eigenvalue weighted by Gasteiger charge is -2.50. The Bertz CT molecular complexity index is 436. The van der Waals surface area contributed by atoms with E-state index in [9.17, 15) is 5.11 Å². The lowest BCUT2D eigenvalue weighted by Crippen LogP contribution is -2.62. The van der Waals surface area contributed by atoms with E-state index in [0.29, 0.717) is 6.04 Å². The van der Waals surface area contributed by atoms with Crippen molar-refractivity contribution in [1.82, 2.24) is 4.90 Å². The number of rotatable bonds is 3. The Labute approximate surface area is 124 Å². The predicted molar refractivity (Wildman–Crippen MR) is 83.7 cm³/mol. The van der Waals surface area contributed by atoms with Gasteiger partial charge in [-0.2, -0.15) is 0 Å². The molecule has 1 fully saturated rings. The van der Waals surface area contributed by atoms with Crippen molar-refractivity contribution >= 4 is 21.6 Å². The molecular formula is C15H23BrN2O. The van der Waals surface area contributed by atoms with E-state index in [1.807, 2.05) is 6.07 Å². The highest BCUT2D eigenvalue weighted by Gasteiger charge is 2.36. The quantitative estimate of drug-likeness (QED) is 0.925. The molecule has 1 aliphatic rings. The fourth-order valence-corrected chi connectivity index (χ4v) is 3.07. The van der Waals surface area contributed by atoms with Crippen LogP contribution in [0.3, 0.4) is 0 Å². The van der Waals surface area contributed by atoms with E-state index in [1.165, 1.54) is 5.69 Å². The molecule has 0 aromatic heterocycles. The number of hydrogen-bond donors (Lipinski definition) is 1. The van der Waals surface area contributed by atoms with Crippen LogP contribution in [0.1, 0.15) is 20.3 Å².